The fourth-order valence-corrected chi connectivity index (χ4v) is 5.36. The number of hydrogen-bond acceptors (Lipinski definition) is 4. The first-order chi connectivity index (χ1) is 14.1. The summed E-state index contributed by atoms with van der Waals surface area (Å²) >= 11 is 0. The lowest BCUT2D eigenvalue weighted by Crippen LogP contribution is -2.07. The molecule has 0 amide bonds. The van der Waals surface area contributed by atoms with E-state index < -0.39 is 0 Å². The number of rotatable bonds is 4. The van der Waals surface area contributed by atoms with Crippen molar-refractivity contribution >= 4 is 0 Å². The Kier molecular flexibility index (Phi) is 5.89. The highest BCUT2D eigenvalue weighted by Crippen LogP contribution is 2.46. The van der Waals surface area contributed by atoms with Crippen LogP contribution in [0.5, 0.6) is 23.0 Å². The van der Waals surface area contributed by atoms with Crippen molar-refractivity contribution in [3.8, 4) is 23.0 Å². The van der Waals surface area contributed by atoms with Gasteiger partial charge in [0.1, 0.15) is 23.0 Å². The van der Waals surface area contributed by atoms with Gasteiger partial charge in [-0.15, -0.1) is 0 Å². The van der Waals surface area contributed by atoms with Crippen LogP contribution in [0.15, 0.2) is 24.3 Å². The minimum absolute atomic E-state index is 0.156. The van der Waals surface area contributed by atoms with Crippen LogP contribution in [0.3, 0.4) is 0 Å². The lowest BCUT2D eigenvalue weighted by atomic mass is 9.81. The summed E-state index contributed by atoms with van der Waals surface area (Å²) in [6, 6.07) is 6.81. The Labute approximate surface area is 172 Å². The van der Waals surface area contributed by atoms with E-state index in [0.29, 0.717) is 28.7 Å². The average Bonchev–Trinajstić information content (AvgIpc) is 2.74. The summed E-state index contributed by atoms with van der Waals surface area (Å²) in [5.74, 6) is 1.02. The molecule has 0 saturated heterocycles. The molecule has 0 aliphatic heterocycles. The third-order valence-electron chi connectivity index (χ3n) is 6.96. The first-order valence-corrected chi connectivity index (χ1v) is 11.1. The van der Waals surface area contributed by atoms with Crippen LogP contribution in [0.4, 0.5) is 0 Å². The molecule has 4 nitrogen and oxygen atoms in total. The van der Waals surface area contributed by atoms with E-state index in [4.69, 9.17) is 0 Å². The van der Waals surface area contributed by atoms with E-state index in [0.717, 1.165) is 51.4 Å². The summed E-state index contributed by atoms with van der Waals surface area (Å²) in [6.45, 7) is 0. The van der Waals surface area contributed by atoms with E-state index in [1.807, 2.05) is 0 Å². The highest BCUT2D eigenvalue weighted by Gasteiger charge is 2.26. The maximum absolute atomic E-state index is 11.0. The Morgan fingerprint density at radius 2 is 0.931 bits per heavy atom. The summed E-state index contributed by atoms with van der Waals surface area (Å²) in [7, 11) is 0. The summed E-state index contributed by atoms with van der Waals surface area (Å²) in [5, 5.41) is 42.7. The van der Waals surface area contributed by atoms with Crippen LogP contribution in [0.25, 0.3) is 0 Å². The van der Waals surface area contributed by atoms with Gasteiger partial charge in [0.15, 0.2) is 0 Å². The third kappa shape index (κ3) is 4.03. The molecular formula is C25H32O4. The van der Waals surface area contributed by atoms with Gasteiger partial charge in [0.05, 0.1) is 0 Å². The molecule has 4 heteroatoms. The first kappa shape index (κ1) is 19.9. The standard InChI is InChI=1S/C25H32O4/c26-20-13-11-18(24(28)22(20)16-7-3-1-4-8-16)15-19-12-14-21(27)23(25(19)29)17-9-5-2-6-10-17/h11-14,16-17,26-29H,1-10,15H2. The van der Waals surface area contributed by atoms with Crippen LogP contribution in [0.1, 0.15) is 98.3 Å². The van der Waals surface area contributed by atoms with Gasteiger partial charge in [-0.05, 0) is 60.8 Å². The van der Waals surface area contributed by atoms with Gasteiger partial charge in [-0.2, -0.15) is 0 Å². The molecular weight excluding hydrogens is 364 g/mol. The molecule has 2 aliphatic rings. The van der Waals surface area contributed by atoms with E-state index in [1.54, 1.807) is 24.3 Å². The molecule has 0 heterocycles. The third-order valence-corrected chi connectivity index (χ3v) is 6.96. The molecule has 29 heavy (non-hydrogen) atoms. The van der Waals surface area contributed by atoms with Gasteiger partial charge in [0, 0.05) is 17.5 Å². The van der Waals surface area contributed by atoms with Crippen LogP contribution in [-0.4, -0.2) is 20.4 Å². The zero-order chi connectivity index (χ0) is 20.4. The average molecular weight is 397 g/mol. The predicted molar refractivity (Wildman–Crippen MR) is 114 cm³/mol. The molecule has 0 unspecified atom stereocenters. The molecule has 0 atom stereocenters. The van der Waals surface area contributed by atoms with E-state index in [9.17, 15) is 20.4 Å². The van der Waals surface area contributed by atoms with Gasteiger partial charge in [-0.3, -0.25) is 0 Å². The summed E-state index contributed by atoms with van der Waals surface area (Å²) < 4.78 is 0. The number of phenols is 4. The van der Waals surface area contributed by atoms with E-state index in [1.165, 1.54) is 12.8 Å². The lowest BCUT2D eigenvalue weighted by Gasteiger charge is -2.25. The molecule has 0 bridgehead atoms. The van der Waals surface area contributed by atoms with Gasteiger partial charge in [0.2, 0.25) is 0 Å². The quantitative estimate of drug-likeness (QED) is 0.496. The molecule has 2 aliphatic carbocycles. The monoisotopic (exact) mass is 396 g/mol. The largest absolute Gasteiger partial charge is 0.508 e. The van der Waals surface area contributed by atoms with Crippen molar-refractivity contribution in [2.24, 2.45) is 0 Å². The van der Waals surface area contributed by atoms with Crippen LogP contribution < -0.4 is 0 Å². The van der Waals surface area contributed by atoms with Crippen LogP contribution in [-0.2, 0) is 6.42 Å². The molecule has 156 valence electrons. The van der Waals surface area contributed by atoms with Gasteiger partial charge >= 0.3 is 0 Å². The van der Waals surface area contributed by atoms with Crippen molar-refractivity contribution in [3.05, 3.63) is 46.5 Å². The number of aromatic hydroxyl groups is 4. The Bertz CT molecular complexity index is 790. The fraction of sp³-hybridized carbons (Fsp3) is 0.520. The van der Waals surface area contributed by atoms with Crippen molar-refractivity contribution in [1.82, 2.24) is 0 Å². The minimum Gasteiger partial charge on any atom is -0.508 e. The maximum Gasteiger partial charge on any atom is 0.126 e. The van der Waals surface area contributed by atoms with Gasteiger partial charge in [-0.25, -0.2) is 0 Å². The molecule has 0 aromatic heterocycles. The Morgan fingerprint density at radius 1 is 0.552 bits per heavy atom. The molecule has 2 aromatic carbocycles. The van der Waals surface area contributed by atoms with E-state index >= 15 is 0 Å². The highest BCUT2D eigenvalue weighted by atomic mass is 16.3. The molecule has 2 fully saturated rings. The second-order valence-corrected chi connectivity index (χ2v) is 8.86. The topological polar surface area (TPSA) is 80.9 Å². The summed E-state index contributed by atoms with van der Waals surface area (Å²) in [6.07, 6.45) is 11.2. The molecule has 0 radical (unpaired) electrons. The van der Waals surface area contributed by atoms with Crippen LogP contribution in [0.2, 0.25) is 0 Å². The smallest absolute Gasteiger partial charge is 0.126 e. The van der Waals surface area contributed by atoms with Crippen LogP contribution >= 0.6 is 0 Å². The minimum atomic E-state index is 0.156. The molecule has 4 rings (SSSR count). The zero-order valence-electron chi connectivity index (χ0n) is 17.0. The Morgan fingerprint density at radius 3 is 1.31 bits per heavy atom. The van der Waals surface area contributed by atoms with Crippen LogP contribution in [0, 0.1) is 0 Å². The Balaban J connectivity index is 1.66. The molecule has 0 spiro atoms. The normalized spacial score (nSPS) is 18.8. The zero-order valence-corrected chi connectivity index (χ0v) is 17.0. The second-order valence-electron chi connectivity index (χ2n) is 8.86. The van der Waals surface area contributed by atoms with Crippen molar-refractivity contribution in [2.45, 2.75) is 82.5 Å². The lowest BCUT2D eigenvalue weighted by molar-refractivity contribution is 0.385. The van der Waals surface area contributed by atoms with Crippen molar-refractivity contribution in [1.29, 1.82) is 0 Å². The predicted octanol–water partition coefficient (Wildman–Crippen LogP) is 6.20. The van der Waals surface area contributed by atoms with E-state index in [2.05, 4.69) is 0 Å². The summed E-state index contributed by atoms with van der Waals surface area (Å²) in [5.41, 5.74) is 2.74. The van der Waals surface area contributed by atoms with Gasteiger partial charge in [0.25, 0.3) is 0 Å². The SMILES string of the molecule is Oc1ccc(Cc2ccc(O)c(C3CCCCC3)c2O)c(O)c1C1CCCCC1. The molecule has 2 saturated carbocycles. The first-order valence-electron chi connectivity index (χ1n) is 11.1. The van der Waals surface area contributed by atoms with Crippen molar-refractivity contribution in [2.75, 3.05) is 0 Å². The molecule has 2 aromatic rings. The number of benzene rings is 2. The van der Waals surface area contributed by atoms with E-state index in [-0.39, 0.29) is 34.8 Å². The fourth-order valence-electron chi connectivity index (χ4n) is 5.36. The van der Waals surface area contributed by atoms with Gasteiger partial charge < -0.3 is 20.4 Å². The van der Waals surface area contributed by atoms with Gasteiger partial charge in [-0.1, -0.05) is 50.7 Å². The van der Waals surface area contributed by atoms with Crippen molar-refractivity contribution in [3.63, 3.8) is 0 Å². The summed E-state index contributed by atoms with van der Waals surface area (Å²) in [4.78, 5) is 0. The number of phenolic OH excluding ortho intramolecular Hbond substituents is 4. The Hall–Kier alpha value is -2.36. The number of hydrogen-bond donors (Lipinski definition) is 4. The van der Waals surface area contributed by atoms with Crippen molar-refractivity contribution < 1.29 is 20.4 Å². The second kappa shape index (κ2) is 8.56. The molecule has 4 N–H and O–H groups in total. The highest BCUT2D eigenvalue weighted by molar-refractivity contribution is 5.56. The maximum atomic E-state index is 11.0.